The standard InChI is InChI=1S/C27H32BrCl2N5O2S/c1-6-35-25(23(11-15(2)3)32-26(37)19-9-8-18(29)13-21(19)30)33-34-27(35)38-14-24(36)31-22-10-7-17(28)12-20(22)16(4)5/h7-10,12-13,15-16,23H,6,11,14H2,1-5H3,(H,31,36)(H,32,37)/t23-/m0/s1. The molecule has 204 valence electrons. The molecule has 7 nitrogen and oxygen atoms in total. The molecule has 0 unspecified atom stereocenters. The van der Waals surface area contributed by atoms with Crippen molar-refractivity contribution in [2.24, 2.45) is 5.92 Å². The fourth-order valence-corrected chi connectivity index (χ4v) is 5.70. The summed E-state index contributed by atoms with van der Waals surface area (Å²) in [6, 6.07) is 10.2. The second-order valence-corrected chi connectivity index (χ2v) is 12.3. The first kappa shape index (κ1) is 30.5. The zero-order valence-corrected chi connectivity index (χ0v) is 25.9. The Balaban J connectivity index is 1.76. The van der Waals surface area contributed by atoms with E-state index in [1.165, 1.54) is 11.8 Å². The van der Waals surface area contributed by atoms with Crippen LogP contribution in [0.15, 0.2) is 46.0 Å². The number of halogens is 3. The Kier molecular flexibility index (Phi) is 11.1. The van der Waals surface area contributed by atoms with Crippen LogP contribution < -0.4 is 10.6 Å². The summed E-state index contributed by atoms with van der Waals surface area (Å²) in [6.07, 6.45) is 0.655. The van der Waals surface area contributed by atoms with Crippen LogP contribution in [0.2, 0.25) is 10.0 Å². The maximum atomic E-state index is 13.1. The van der Waals surface area contributed by atoms with Gasteiger partial charge in [-0.15, -0.1) is 10.2 Å². The molecule has 0 spiro atoms. The lowest BCUT2D eigenvalue weighted by atomic mass is 10.0. The normalized spacial score (nSPS) is 12.2. The first-order valence-electron chi connectivity index (χ1n) is 12.4. The lowest BCUT2D eigenvalue weighted by Crippen LogP contribution is -2.32. The van der Waals surface area contributed by atoms with Crippen molar-refractivity contribution in [3.8, 4) is 0 Å². The maximum Gasteiger partial charge on any atom is 0.253 e. The van der Waals surface area contributed by atoms with Crippen LogP contribution in [-0.2, 0) is 11.3 Å². The van der Waals surface area contributed by atoms with E-state index in [0.29, 0.717) is 34.5 Å². The van der Waals surface area contributed by atoms with Crippen molar-refractivity contribution in [3.05, 3.63) is 67.9 Å². The molecule has 3 rings (SSSR count). The van der Waals surface area contributed by atoms with Crippen molar-refractivity contribution < 1.29 is 9.59 Å². The molecular formula is C27H32BrCl2N5O2S. The Bertz CT molecular complexity index is 1300. The summed E-state index contributed by atoms with van der Waals surface area (Å²) in [5.41, 5.74) is 2.20. The molecule has 2 N–H and O–H groups in total. The highest BCUT2D eigenvalue weighted by Crippen LogP contribution is 2.29. The SMILES string of the molecule is CCn1c(SCC(=O)Nc2ccc(Br)cc2C(C)C)nnc1[C@H](CC(C)C)NC(=O)c1ccc(Cl)cc1Cl. The topological polar surface area (TPSA) is 88.9 Å². The largest absolute Gasteiger partial charge is 0.342 e. The van der Waals surface area contributed by atoms with Crippen molar-refractivity contribution in [3.63, 3.8) is 0 Å². The van der Waals surface area contributed by atoms with Crippen LogP contribution in [0.3, 0.4) is 0 Å². The van der Waals surface area contributed by atoms with E-state index >= 15 is 0 Å². The fraction of sp³-hybridized carbons (Fsp3) is 0.407. The molecule has 38 heavy (non-hydrogen) atoms. The predicted octanol–water partition coefficient (Wildman–Crippen LogP) is 7.74. The molecule has 3 aromatic rings. The molecule has 0 fully saturated rings. The summed E-state index contributed by atoms with van der Waals surface area (Å²) in [6.45, 7) is 10.9. The van der Waals surface area contributed by atoms with E-state index in [4.69, 9.17) is 23.2 Å². The molecule has 1 heterocycles. The van der Waals surface area contributed by atoms with Crippen LogP contribution in [0.1, 0.15) is 74.7 Å². The van der Waals surface area contributed by atoms with Gasteiger partial charge in [-0.2, -0.15) is 0 Å². The molecule has 0 aliphatic heterocycles. The predicted molar refractivity (Wildman–Crippen MR) is 159 cm³/mol. The van der Waals surface area contributed by atoms with Crippen LogP contribution in [0.4, 0.5) is 5.69 Å². The van der Waals surface area contributed by atoms with E-state index in [-0.39, 0.29) is 40.5 Å². The van der Waals surface area contributed by atoms with Gasteiger partial charge >= 0.3 is 0 Å². The number of carbonyl (C=O) groups excluding carboxylic acids is 2. The van der Waals surface area contributed by atoms with Gasteiger partial charge in [0.1, 0.15) is 0 Å². The number of thioether (sulfide) groups is 1. The van der Waals surface area contributed by atoms with Crippen molar-refractivity contribution >= 4 is 68.4 Å². The molecule has 1 atom stereocenters. The van der Waals surface area contributed by atoms with Gasteiger partial charge in [0.2, 0.25) is 5.91 Å². The fourth-order valence-electron chi connectivity index (χ4n) is 4.01. The van der Waals surface area contributed by atoms with E-state index in [2.05, 4.69) is 64.5 Å². The zero-order valence-electron chi connectivity index (χ0n) is 22.0. The van der Waals surface area contributed by atoms with Gasteiger partial charge in [-0.05, 0) is 67.1 Å². The maximum absolute atomic E-state index is 13.1. The van der Waals surface area contributed by atoms with E-state index in [0.717, 1.165) is 15.7 Å². The summed E-state index contributed by atoms with van der Waals surface area (Å²) >= 11 is 17.1. The molecule has 0 radical (unpaired) electrons. The molecule has 0 bridgehead atoms. The lowest BCUT2D eigenvalue weighted by molar-refractivity contribution is -0.113. The van der Waals surface area contributed by atoms with Gasteiger partial charge in [0.25, 0.3) is 5.91 Å². The first-order chi connectivity index (χ1) is 18.0. The lowest BCUT2D eigenvalue weighted by Gasteiger charge is -2.21. The van der Waals surface area contributed by atoms with Crippen molar-refractivity contribution in [1.29, 1.82) is 0 Å². The number of carbonyl (C=O) groups is 2. The minimum absolute atomic E-state index is 0.129. The number of amides is 2. The summed E-state index contributed by atoms with van der Waals surface area (Å²) in [7, 11) is 0. The number of hydrogen-bond acceptors (Lipinski definition) is 5. The van der Waals surface area contributed by atoms with Crippen LogP contribution in [0, 0.1) is 5.92 Å². The number of aromatic nitrogens is 3. The quantitative estimate of drug-likeness (QED) is 0.209. The van der Waals surface area contributed by atoms with Crippen molar-refractivity contribution in [2.45, 2.75) is 64.7 Å². The Morgan fingerprint density at radius 2 is 1.82 bits per heavy atom. The van der Waals surface area contributed by atoms with Crippen LogP contribution >= 0.6 is 50.9 Å². The van der Waals surface area contributed by atoms with Crippen molar-refractivity contribution in [2.75, 3.05) is 11.1 Å². The molecule has 0 saturated carbocycles. The van der Waals surface area contributed by atoms with E-state index in [1.807, 2.05) is 29.7 Å². The van der Waals surface area contributed by atoms with Gasteiger partial charge in [-0.3, -0.25) is 9.59 Å². The van der Waals surface area contributed by atoms with E-state index < -0.39 is 0 Å². The van der Waals surface area contributed by atoms with Crippen LogP contribution in [0.25, 0.3) is 0 Å². The summed E-state index contributed by atoms with van der Waals surface area (Å²) in [5.74, 6) is 0.913. The number of rotatable bonds is 11. The first-order valence-corrected chi connectivity index (χ1v) is 14.9. The van der Waals surface area contributed by atoms with Crippen molar-refractivity contribution in [1.82, 2.24) is 20.1 Å². The third kappa shape index (κ3) is 7.97. The Morgan fingerprint density at radius 3 is 2.45 bits per heavy atom. The third-order valence-corrected chi connectivity index (χ3v) is 7.81. The molecule has 2 aromatic carbocycles. The van der Waals surface area contributed by atoms with Gasteiger partial charge in [0.05, 0.1) is 22.4 Å². The van der Waals surface area contributed by atoms with Gasteiger partial charge in [-0.1, -0.05) is 78.6 Å². The molecule has 0 aliphatic carbocycles. The molecule has 1 aromatic heterocycles. The van der Waals surface area contributed by atoms with Gasteiger partial charge < -0.3 is 15.2 Å². The zero-order chi connectivity index (χ0) is 28.0. The number of anilines is 1. The van der Waals surface area contributed by atoms with Crippen LogP contribution in [-0.4, -0.2) is 32.3 Å². The Hall–Kier alpha value is -2.07. The minimum atomic E-state index is -0.388. The molecule has 11 heteroatoms. The second kappa shape index (κ2) is 13.8. The van der Waals surface area contributed by atoms with E-state index in [1.54, 1.807) is 18.2 Å². The molecule has 2 amide bonds. The Morgan fingerprint density at radius 1 is 1.08 bits per heavy atom. The average molecular weight is 641 g/mol. The Labute approximate surface area is 246 Å². The second-order valence-electron chi connectivity index (χ2n) is 9.59. The third-order valence-electron chi connectivity index (χ3n) is 5.80. The molecule has 0 aliphatic rings. The number of nitrogens with zero attached hydrogens (tertiary/aromatic N) is 3. The molecular weight excluding hydrogens is 609 g/mol. The van der Waals surface area contributed by atoms with Gasteiger partial charge in [0, 0.05) is 21.7 Å². The molecule has 0 saturated heterocycles. The number of nitrogens with one attached hydrogen (secondary N) is 2. The highest BCUT2D eigenvalue weighted by atomic mass is 79.9. The summed E-state index contributed by atoms with van der Waals surface area (Å²) < 4.78 is 2.91. The van der Waals surface area contributed by atoms with E-state index in [9.17, 15) is 9.59 Å². The monoisotopic (exact) mass is 639 g/mol. The summed E-state index contributed by atoms with van der Waals surface area (Å²) in [4.78, 5) is 25.9. The smallest absolute Gasteiger partial charge is 0.253 e. The van der Waals surface area contributed by atoms with Gasteiger partial charge in [-0.25, -0.2) is 0 Å². The highest BCUT2D eigenvalue weighted by molar-refractivity contribution is 9.10. The summed E-state index contributed by atoms with van der Waals surface area (Å²) in [5, 5.41) is 16.2. The number of hydrogen-bond donors (Lipinski definition) is 2. The minimum Gasteiger partial charge on any atom is -0.342 e. The highest BCUT2D eigenvalue weighted by Gasteiger charge is 2.25. The average Bonchev–Trinajstić information content (AvgIpc) is 3.25. The number of benzene rings is 2. The van der Waals surface area contributed by atoms with Gasteiger partial charge in [0.15, 0.2) is 11.0 Å². The van der Waals surface area contributed by atoms with Crippen LogP contribution in [0.5, 0.6) is 0 Å².